The van der Waals surface area contributed by atoms with Crippen molar-refractivity contribution in [3.63, 3.8) is 0 Å². The average molecular weight is 242 g/mol. The van der Waals surface area contributed by atoms with Crippen molar-refractivity contribution < 1.29 is 13.6 Å². The van der Waals surface area contributed by atoms with Crippen LogP contribution in [-0.4, -0.2) is 19.7 Å². The highest BCUT2D eigenvalue weighted by Gasteiger charge is 2.26. The van der Waals surface area contributed by atoms with Crippen LogP contribution in [-0.2, 0) is 15.8 Å². The van der Waals surface area contributed by atoms with Gasteiger partial charge in [0, 0.05) is 6.04 Å². The molecule has 0 atom stereocenters. The standard InChI is InChI=1S/C10H14N2O3S/c13-11-10-3-1-2-8(6-10)7-16(14,15)12-9-4-5-9/h1-3,6,9,11-13H,4-5,7H2. The van der Waals surface area contributed by atoms with E-state index in [2.05, 4.69) is 4.72 Å². The lowest BCUT2D eigenvalue weighted by Gasteiger charge is -2.06. The van der Waals surface area contributed by atoms with E-state index in [0.29, 0.717) is 11.3 Å². The highest BCUT2D eigenvalue weighted by molar-refractivity contribution is 7.88. The molecule has 0 aromatic heterocycles. The molecule has 1 aromatic carbocycles. The van der Waals surface area contributed by atoms with E-state index in [0.717, 1.165) is 12.8 Å². The molecular weight excluding hydrogens is 228 g/mol. The van der Waals surface area contributed by atoms with Gasteiger partial charge in [0.25, 0.3) is 0 Å². The van der Waals surface area contributed by atoms with Crippen molar-refractivity contribution in [2.24, 2.45) is 0 Å². The zero-order chi connectivity index (χ0) is 11.6. The van der Waals surface area contributed by atoms with Gasteiger partial charge in [-0.2, -0.15) is 0 Å². The van der Waals surface area contributed by atoms with Gasteiger partial charge in [0.2, 0.25) is 10.0 Å². The third kappa shape index (κ3) is 3.19. The van der Waals surface area contributed by atoms with E-state index in [9.17, 15) is 8.42 Å². The summed E-state index contributed by atoms with van der Waals surface area (Å²) in [6.07, 6.45) is 1.86. The molecule has 0 aliphatic heterocycles. The third-order valence-electron chi connectivity index (χ3n) is 2.34. The molecule has 1 aliphatic rings. The Hall–Kier alpha value is -1.11. The fraction of sp³-hybridized carbons (Fsp3) is 0.400. The van der Waals surface area contributed by atoms with Gasteiger partial charge < -0.3 is 0 Å². The van der Waals surface area contributed by atoms with Crippen molar-refractivity contribution in [2.75, 3.05) is 5.48 Å². The van der Waals surface area contributed by atoms with E-state index in [-0.39, 0.29) is 11.8 Å². The van der Waals surface area contributed by atoms with Crippen molar-refractivity contribution >= 4 is 15.7 Å². The summed E-state index contributed by atoms with van der Waals surface area (Å²) in [7, 11) is -3.26. The summed E-state index contributed by atoms with van der Waals surface area (Å²) in [5.41, 5.74) is 3.12. The maximum atomic E-state index is 11.7. The molecule has 1 aliphatic carbocycles. The largest absolute Gasteiger partial charge is 0.291 e. The van der Waals surface area contributed by atoms with Gasteiger partial charge in [0.1, 0.15) is 0 Å². The summed E-state index contributed by atoms with van der Waals surface area (Å²) in [5, 5.41) is 8.70. The van der Waals surface area contributed by atoms with Crippen molar-refractivity contribution in [2.45, 2.75) is 24.6 Å². The summed E-state index contributed by atoms with van der Waals surface area (Å²) < 4.78 is 25.9. The Kier molecular flexibility index (Phi) is 3.13. The molecule has 3 N–H and O–H groups in total. The van der Waals surface area contributed by atoms with Crippen molar-refractivity contribution in [3.05, 3.63) is 29.8 Å². The van der Waals surface area contributed by atoms with E-state index in [1.807, 2.05) is 5.48 Å². The molecule has 88 valence electrons. The van der Waals surface area contributed by atoms with Crippen molar-refractivity contribution in [3.8, 4) is 0 Å². The predicted octanol–water partition coefficient (Wildman–Crippen LogP) is 1.07. The van der Waals surface area contributed by atoms with E-state index >= 15 is 0 Å². The van der Waals surface area contributed by atoms with E-state index in [4.69, 9.17) is 5.21 Å². The maximum absolute atomic E-state index is 11.7. The zero-order valence-corrected chi connectivity index (χ0v) is 9.50. The Labute approximate surface area is 94.5 Å². The molecule has 6 heteroatoms. The number of hydrogen-bond donors (Lipinski definition) is 3. The number of rotatable bonds is 5. The lowest BCUT2D eigenvalue weighted by Crippen LogP contribution is -2.27. The minimum Gasteiger partial charge on any atom is -0.291 e. The van der Waals surface area contributed by atoms with Gasteiger partial charge >= 0.3 is 0 Å². The Morgan fingerprint density at radius 2 is 2.12 bits per heavy atom. The molecular formula is C10H14N2O3S. The van der Waals surface area contributed by atoms with Crippen LogP contribution in [0.2, 0.25) is 0 Å². The second-order valence-corrected chi connectivity index (χ2v) is 5.72. The predicted molar refractivity (Wildman–Crippen MR) is 60.6 cm³/mol. The molecule has 0 heterocycles. The van der Waals surface area contributed by atoms with Crippen LogP contribution in [0.5, 0.6) is 0 Å². The van der Waals surface area contributed by atoms with E-state index in [1.54, 1.807) is 24.3 Å². The summed E-state index contributed by atoms with van der Waals surface area (Å²) in [6.45, 7) is 0. The van der Waals surface area contributed by atoms with Gasteiger partial charge in [0.15, 0.2) is 0 Å². The van der Waals surface area contributed by atoms with Crippen LogP contribution >= 0.6 is 0 Å². The molecule has 0 unspecified atom stereocenters. The molecule has 0 bridgehead atoms. The fourth-order valence-corrected chi connectivity index (χ4v) is 2.89. The first-order chi connectivity index (χ1) is 7.59. The molecule has 1 fully saturated rings. The summed E-state index contributed by atoms with van der Waals surface area (Å²) >= 11 is 0. The van der Waals surface area contributed by atoms with Crippen LogP contribution in [0.25, 0.3) is 0 Å². The van der Waals surface area contributed by atoms with Gasteiger partial charge in [-0.3, -0.25) is 10.7 Å². The van der Waals surface area contributed by atoms with Crippen LogP contribution in [0.15, 0.2) is 24.3 Å². The Morgan fingerprint density at radius 3 is 2.75 bits per heavy atom. The van der Waals surface area contributed by atoms with Crippen LogP contribution in [0.1, 0.15) is 18.4 Å². The maximum Gasteiger partial charge on any atom is 0.216 e. The highest BCUT2D eigenvalue weighted by Crippen LogP contribution is 2.21. The number of hydrogen-bond acceptors (Lipinski definition) is 4. The summed E-state index contributed by atoms with van der Waals surface area (Å²) in [4.78, 5) is 0. The fourth-order valence-electron chi connectivity index (χ4n) is 1.45. The number of benzene rings is 1. The van der Waals surface area contributed by atoms with E-state index in [1.165, 1.54) is 0 Å². The van der Waals surface area contributed by atoms with Crippen molar-refractivity contribution in [1.29, 1.82) is 0 Å². The molecule has 0 amide bonds. The Balaban J connectivity index is 2.06. The monoisotopic (exact) mass is 242 g/mol. The minimum absolute atomic E-state index is 0.0565. The Bertz CT molecular complexity index is 469. The lowest BCUT2D eigenvalue weighted by atomic mass is 10.2. The SMILES string of the molecule is O=S(=O)(Cc1cccc(NO)c1)NC1CC1. The number of sulfonamides is 1. The molecule has 5 nitrogen and oxygen atoms in total. The van der Waals surface area contributed by atoms with Gasteiger partial charge in [-0.25, -0.2) is 13.1 Å². The first-order valence-electron chi connectivity index (χ1n) is 5.08. The van der Waals surface area contributed by atoms with Crippen LogP contribution < -0.4 is 10.2 Å². The van der Waals surface area contributed by atoms with E-state index < -0.39 is 10.0 Å². The highest BCUT2D eigenvalue weighted by atomic mass is 32.2. The summed E-state index contributed by atoms with van der Waals surface area (Å²) in [6, 6.07) is 6.80. The van der Waals surface area contributed by atoms with Gasteiger partial charge in [0.05, 0.1) is 11.4 Å². The molecule has 16 heavy (non-hydrogen) atoms. The normalized spacial score (nSPS) is 16.1. The summed E-state index contributed by atoms with van der Waals surface area (Å²) in [5.74, 6) is -0.0565. The molecule has 2 rings (SSSR count). The molecule has 0 radical (unpaired) electrons. The second-order valence-electron chi connectivity index (χ2n) is 3.96. The smallest absolute Gasteiger partial charge is 0.216 e. The van der Waals surface area contributed by atoms with Crippen LogP contribution in [0.4, 0.5) is 5.69 Å². The molecule has 0 spiro atoms. The third-order valence-corrected chi connectivity index (χ3v) is 3.74. The number of anilines is 1. The molecule has 1 saturated carbocycles. The quantitative estimate of drug-likeness (QED) is 0.675. The first-order valence-corrected chi connectivity index (χ1v) is 6.73. The average Bonchev–Trinajstić information content (AvgIpc) is 3.00. The first kappa shape index (κ1) is 11.4. The van der Waals surface area contributed by atoms with Gasteiger partial charge in [-0.15, -0.1) is 0 Å². The van der Waals surface area contributed by atoms with Gasteiger partial charge in [-0.1, -0.05) is 12.1 Å². The molecule has 1 aromatic rings. The lowest BCUT2D eigenvalue weighted by molar-refractivity contribution is 0.389. The van der Waals surface area contributed by atoms with Crippen molar-refractivity contribution in [1.82, 2.24) is 4.72 Å². The zero-order valence-electron chi connectivity index (χ0n) is 8.68. The van der Waals surface area contributed by atoms with Crippen LogP contribution in [0.3, 0.4) is 0 Å². The minimum atomic E-state index is -3.26. The number of nitrogens with one attached hydrogen (secondary N) is 2. The Morgan fingerprint density at radius 1 is 1.38 bits per heavy atom. The van der Waals surface area contributed by atoms with Crippen LogP contribution in [0, 0.1) is 0 Å². The van der Waals surface area contributed by atoms with Gasteiger partial charge in [-0.05, 0) is 30.5 Å². The molecule has 0 saturated heterocycles. The topological polar surface area (TPSA) is 78.4 Å². The second kappa shape index (κ2) is 4.40.